The molecule has 0 spiro atoms. The molecule has 0 saturated heterocycles. The Morgan fingerprint density at radius 1 is 1.08 bits per heavy atom. The Labute approximate surface area is 143 Å². The summed E-state index contributed by atoms with van der Waals surface area (Å²) in [5.41, 5.74) is 4.52. The van der Waals surface area contributed by atoms with E-state index in [9.17, 15) is 4.79 Å². The van der Waals surface area contributed by atoms with Crippen LogP contribution in [0, 0.1) is 0 Å². The molecule has 1 aliphatic heterocycles. The number of para-hydroxylation sites is 1. The van der Waals surface area contributed by atoms with E-state index in [-0.39, 0.29) is 5.91 Å². The van der Waals surface area contributed by atoms with Crippen LogP contribution in [-0.2, 0) is 6.54 Å². The number of amides is 1. The quantitative estimate of drug-likeness (QED) is 0.615. The predicted molar refractivity (Wildman–Crippen MR) is 94.6 cm³/mol. The molecule has 122 valence electrons. The van der Waals surface area contributed by atoms with Gasteiger partial charge in [-0.15, -0.1) is 0 Å². The Hall–Kier alpha value is -3.41. The topological polar surface area (TPSA) is 64.7 Å². The molecule has 5 rings (SSSR count). The van der Waals surface area contributed by atoms with E-state index in [1.54, 1.807) is 12.5 Å². The molecule has 2 aromatic heterocycles. The van der Waals surface area contributed by atoms with Crippen molar-refractivity contribution in [2.24, 2.45) is 0 Å². The highest BCUT2D eigenvalue weighted by Crippen LogP contribution is 2.28. The van der Waals surface area contributed by atoms with Crippen LogP contribution in [0.5, 0.6) is 0 Å². The van der Waals surface area contributed by atoms with Gasteiger partial charge in [-0.3, -0.25) is 4.79 Å². The summed E-state index contributed by atoms with van der Waals surface area (Å²) in [5.74, 6) is 0.849. The third kappa shape index (κ3) is 2.15. The van der Waals surface area contributed by atoms with Crippen molar-refractivity contribution in [1.82, 2.24) is 24.4 Å². The van der Waals surface area contributed by atoms with Crippen LogP contribution in [0.15, 0.2) is 61.2 Å². The van der Waals surface area contributed by atoms with Gasteiger partial charge in [-0.25, -0.2) is 9.97 Å². The van der Waals surface area contributed by atoms with E-state index in [0.29, 0.717) is 18.7 Å². The Bertz CT molecular complexity index is 1080. The van der Waals surface area contributed by atoms with Crippen LogP contribution < -0.4 is 5.32 Å². The molecule has 25 heavy (non-hydrogen) atoms. The lowest BCUT2D eigenvalue weighted by atomic mass is 10.1. The van der Waals surface area contributed by atoms with Gasteiger partial charge >= 0.3 is 0 Å². The van der Waals surface area contributed by atoms with E-state index in [2.05, 4.69) is 27.0 Å². The molecule has 0 radical (unpaired) electrons. The van der Waals surface area contributed by atoms with Crippen LogP contribution in [0.2, 0.25) is 0 Å². The normalized spacial score (nSPS) is 13.7. The van der Waals surface area contributed by atoms with E-state index in [1.165, 1.54) is 0 Å². The second kappa shape index (κ2) is 5.31. The van der Waals surface area contributed by atoms with Gasteiger partial charge in [0, 0.05) is 36.7 Å². The second-order valence-corrected chi connectivity index (χ2v) is 6.03. The molecular weight excluding hydrogens is 314 g/mol. The Morgan fingerprint density at radius 3 is 2.76 bits per heavy atom. The van der Waals surface area contributed by atoms with Crippen molar-refractivity contribution in [3.05, 3.63) is 66.7 Å². The SMILES string of the molecule is O=C1NCCn2c(-c3ccc(-n4ccnc4)cc3)nc3cccc1c32. The standard InChI is InChI=1S/C19H15N5O/c25-19-15-2-1-3-16-17(15)24(11-9-21-19)18(22-16)13-4-6-14(7-5-13)23-10-8-20-12-23/h1-8,10,12H,9,11H2,(H,21,25). The number of imidazole rings is 2. The third-order valence-corrected chi connectivity index (χ3v) is 4.56. The van der Waals surface area contributed by atoms with Crippen LogP contribution in [0.1, 0.15) is 10.4 Å². The fourth-order valence-electron chi connectivity index (χ4n) is 3.38. The van der Waals surface area contributed by atoms with Crippen molar-refractivity contribution in [3.8, 4) is 17.1 Å². The lowest BCUT2D eigenvalue weighted by Crippen LogP contribution is -2.24. The number of carbonyl (C=O) groups is 1. The van der Waals surface area contributed by atoms with Gasteiger partial charge in [0.1, 0.15) is 5.82 Å². The third-order valence-electron chi connectivity index (χ3n) is 4.56. The first-order valence-electron chi connectivity index (χ1n) is 8.17. The van der Waals surface area contributed by atoms with E-state index < -0.39 is 0 Å². The highest BCUT2D eigenvalue weighted by atomic mass is 16.1. The molecule has 4 aromatic rings. The molecule has 0 fully saturated rings. The molecule has 1 aliphatic rings. The summed E-state index contributed by atoms with van der Waals surface area (Å²) in [6.45, 7) is 1.30. The van der Waals surface area contributed by atoms with Gasteiger partial charge in [0.2, 0.25) is 0 Å². The highest BCUT2D eigenvalue weighted by Gasteiger charge is 2.21. The van der Waals surface area contributed by atoms with Crippen LogP contribution in [-0.4, -0.2) is 31.6 Å². The zero-order valence-electron chi connectivity index (χ0n) is 13.4. The smallest absolute Gasteiger partial charge is 0.253 e. The molecule has 3 heterocycles. The number of aromatic nitrogens is 4. The summed E-state index contributed by atoms with van der Waals surface area (Å²) in [7, 11) is 0. The fraction of sp³-hybridized carbons (Fsp3) is 0.105. The van der Waals surface area contributed by atoms with E-state index in [0.717, 1.165) is 28.1 Å². The van der Waals surface area contributed by atoms with Crippen LogP contribution in [0.3, 0.4) is 0 Å². The molecular formula is C19H15N5O. The summed E-state index contributed by atoms with van der Waals surface area (Å²) >= 11 is 0. The van der Waals surface area contributed by atoms with Crippen LogP contribution >= 0.6 is 0 Å². The molecule has 2 aromatic carbocycles. The number of nitrogens with zero attached hydrogens (tertiary/aromatic N) is 4. The van der Waals surface area contributed by atoms with Crippen molar-refractivity contribution < 1.29 is 4.79 Å². The first-order chi connectivity index (χ1) is 12.3. The van der Waals surface area contributed by atoms with E-state index in [4.69, 9.17) is 4.98 Å². The zero-order chi connectivity index (χ0) is 16.8. The monoisotopic (exact) mass is 329 g/mol. The molecule has 1 N–H and O–H groups in total. The maximum absolute atomic E-state index is 12.3. The summed E-state index contributed by atoms with van der Waals surface area (Å²) in [6.07, 6.45) is 5.45. The van der Waals surface area contributed by atoms with Crippen LogP contribution in [0.4, 0.5) is 0 Å². The van der Waals surface area contributed by atoms with Gasteiger partial charge in [0.15, 0.2) is 0 Å². The minimum atomic E-state index is -0.0359. The number of nitrogens with one attached hydrogen (secondary N) is 1. The van der Waals surface area contributed by atoms with Gasteiger partial charge in [0.25, 0.3) is 5.91 Å². The number of carbonyl (C=O) groups excluding carboxylic acids is 1. The Morgan fingerprint density at radius 2 is 1.96 bits per heavy atom. The molecule has 0 unspecified atom stereocenters. The highest BCUT2D eigenvalue weighted by molar-refractivity contribution is 6.06. The summed E-state index contributed by atoms with van der Waals surface area (Å²) in [5, 5.41) is 2.95. The molecule has 0 aliphatic carbocycles. The van der Waals surface area contributed by atoms with Crippen molar-refractivity contribution in [1.29, 1.82) is 0 Å². The second-order valence-electron chi connectivity index (χ2n) is 6.03. The molecule has 6 nitrogen and oxygen atoms in total. The number of benzene rings is 2. The molecule has 6 heteroatoms. The van der Waals surface area contributed by atoms with Gasteiger partial charge < -0.3 is 14.5 Å². The average Bonchev–Trinajstić information content (AvgIpc) is 3.26. The number of rotatable bonds is 2. The van der Waals surface area contributed by atoms with Crippen molar-refractivity contribution in [2.75, 3.05) is 6.54 Å². The summed E-state index contributed by atoms with van der Waals surface area (Å²) in [6, 6.07) is 13.9. The number of hydrogen-bond acceptors (Lipinski definition) is 3. The Kier molecular flexibility index (Phi) is 2.97. The minimum absolute atomic E-state index is 0.0359. The molecule has 0 atom stereocenters. The van der Waals surface area contributed by atoms with Gasteiger partial charge in [-0.1, -0.05) is 6.07 Å². The number of hydrogen-bond donors (Lipinski definition) is 1. The molecule has 0 saturated carbocycles. The van der Waals surface area contributed by atoms with Gasteiger partial charge in [0.05, 0.1) is 22.9 Å². The van der Waals surface area contributed by atoms with Crippen LogP contribution in [0.25, 0.3) is 28.1 Å². The summed E-state index contributed by atoms with van der Waals surface area (Å²) < 4.78 is 4.09. The maximum Gasteiger partial charge on any atom is 0.253 e. The van der Waals surface area contributed by atoms with Crippen molar-refractivity contribution in [2.45, 2.75) is 6.54 Å². The first kappa shape index (κ1) is 14.0. The van der Waals surface area contributed by atoms with E-state index >= 15 is 0 Å². The zero-order valence-corrected chi connectivity index (χ0v) is 13.4. The minimum Gasteiger partial charge on any atom is -0.350 e. The van der Waals surface area contributed by atoms with Crippen molar-refractivity contribution in [3.63, 3.8) is 0 Å². The Balaban J connectivity index is 1.67. The molecule has 1 amide bonds. The first-order valence-corrected chi connectivity index (χ1v) is 8.17. The lowest BCUT2D eigenvalue weighted by molar-refractivity contribution is 0.0956. The maximum atomic E-state index is 12.3. The van der Waals surface area contributed by atoms with Gasteiger partial charge in [-0.2, -0.15) is 0 Å². The van der Waals surface area contributed by atoms with Crippen molar-refractivity contribution >= 4 is 16.9 Å². The average molecular weight is 329 g/mol. The predicted octanol–water partition coefficient (Wildman–Crippen LogP) is 2.63. The molecule has 0 bridgehead atoms. The van der Waals surface area contributed by atoms with E-state index in [1.807, 2.05) is 41.1 Å². The largest absolute Gasteiger partial charge is 0.350 e. The lowest BCUT2D eigenvalue weighted by Gasteiger charge is -2.08. The fourth-order valence-corrected chi connectivity index (χ4v) is 3.38. The van der Waals surface area contributed by atoms with Gasteiger partial charge in [-0.05, 0) is 36.4 Å². The summed E-state index contributed by atoms with van der Waals surface area (Å²) in [4.78, 5) is 21.1.